The minimum Gasteiger partial charge on any atom is -0.505 e. The standard InChI is InChI=1S/C24H25ClN4O3/c1-15-20(28-13-5-4-7-18(28)26-15)22(30)19-21(16-8-10-17(25)11-9-16)29(24(32)23(19)31)14-6-12-27(2)3/h4-5,7-11,13,21,30H,6,12,14H2,1-3H3/t21-/m1/s1. The molecule has 1 N–H and O–H groups in total. The molecule has 3 heterocycles. The molecule has 7 nitrogen and oxygen atoms in total. The first-order valence-electron chi connectivity index (χ1n) is 10.4. The Balaban J connectivity index is 1.87. The van der Waals surface area contributed by atoms with Gasteiger partial charge in [-0.2, -0.15) is 0 Å². The minimum atomic E-state index is -0.705. The number of rotatable bonds is 6. The zero-order valence-electron chi connectivity index (χ0n) is 18.2. The Kier molecular flexibility index (Phi) is 6.04. The van der Waals surface area contributed by atoms with Crippen LogP contribution in [-0.2, 0) is 9.59 Å². The van der Waals surface area contributed by atoms with Crippen LogP contribution in [0, 0.1) is 6.92 Å². The normalized spacial score (nSPS) is 18.3. The molecule has 0 radical (unpaired) electrons. The summed E-state index contributed by atoms with van der Waals surface area (Å²) in [6.07, 6.45) is 2.47. The number of aryl methyl sites for hydroxylation is 1. The van der Waals surface area contributed by atoms with E-state index < -0.39 is 17.7 Å². The van der Waals surface area contributed by atoms with Gasteiger partial charge >= 0.3 is 0 Å². The molecule has 2 aromatic heterocycles. The number of ketones is 1. The Bertz CT molecular complexity index is 1210. The fourth-order valence-electron chi connectivity index (χ4n) is 4.19. The number of fused-ring (bicyclic) bond motifs is 1. The maximum atomic E-state index is 13.2. The van der Waals surface area contributed by atoms with E-state index in [0.29, 0.717) is 40.6 Å². The van der Waals surface area contributed by atoms with Gasteiger partial charge in [0.25, 0.3) is 11.7 Å². The lowest BCUT2D eigenvalue weighted by atomic mass is 9.96. The lowest BCUT2D eigenvalue weighted by Gasteiger charge is -2.26. The smallest absolute Gasteiger partial charge is 0.295 e. The summed E-state index contributed by atoms with van der Waals surface area (Å²) in [4.78, 5) is 34.3. The third-order valence-corrected chi connectivity index (χ3v) is 5.91. The van der Waals surface area contributed by atoms with Gasteiger partial charge in [-0.15, -0.1) is 0 Å². The van der Waals surface area contributed by atoms with Crippen molar-refractivity contribution in [3.8, 4) is 0 Å². The first-order chi connectivity index (χ1) is 15.3. The molecule has 0 bridgehead atoms. The summed E-state index contributed by atoms with van der Waals surface area (Å²) < 4.78 is 1.73. The molecule has 32 heavy (non-hydrogen) atoms. The van der Waals surface area contributed by atoms with E-state index in [-0.39, 0.29) is 11.3 Å². The SMILES string of the molecule is Cc1nc2ccccn2c1C(O)=C1C(=O)C(=O)N(CCCN(C)C)[C@@H]1c1ccc(Cl)cc1. The van der Waals surface area contributed by atoms with Crippen molar-refractivity contribution < 1.29 is 14.7 Å². The van der Waals surface area contributed by atoms with E-state index in [1.807, 2.05) is 37.2 Å². The summed E-state index contributed by atoms with van der Waals surface area (Å²) in [5.41, 5.74) is 2.41. The molecule has 4 rings (SSSR count). The number of halogens is 1. The number of hydrogen-bond donors (Lipinski definition) is 1. The highest BCUT2D eigenvalue weighted by Gasteiger charge is 2.46. The van der Waals surface area contributed by atoms with Crippen molar-refractivity contribution in [2.24, 2.45) is 0 Å². The van der Waals surface area contributed by atoms with Crippen molar-refractivity contribution in [2.75, 3.05) is 27.2 Å². The number of aliphatic hydroxyl groups is 1. The molecule has 0 aliphatic carbocycles. The first-order valence-corrected chi connectivity index (χ1v) is 10.8. The molecular weight excluding hydrogens is 428 g/mol. The molecule has 0 saturated carbocycles. The van der Waals surface area contributed by atoms with E-state index in [9.17, 15) is 14.7 Å². The van der Waals surface area contributed by atoms with Gasteiger partial charge in [0, 0.05) is 17.8 Å². The molecule has 1 aliphatic heterocycles. The Morgan fingerprint density at radius 1 is 1.16 bits per heavy atom. The lowest BCUT2D eigenvalue weighted by Crippen LogP contribution is -2.32. The quantitative estimate of drug-likeness (QED) is 0.351. The van der Waals surface area contributed by atoms with Crippen LogP contribution in [-0.4, -0.2) is 63.2 Å². The van der Waals surface area contributed by atoms with Crippen LogP contribution in [0.4, 0.5) is 0 Å². The van der Waals surface area contributed by atoms with E-state index >= 15 is 0 Å². The summed E-state index contributed by atoms with van der Waals surface area (Å²) in [6, 6.07) is 11.8. The number of pyridine rings is 1. The predicted octanol–water partition coefficient (Wildman–Crippen LogP) is 3.67. The molecule has 8 heteroatoms. The van der Waals surface area contributed by atoms with Crippen molar-refractivity contribution in [3.05, 3.63) is 76.2 Å². The van der Waals surface area contributed by atoms with Gasteiger partial charge in [-0.05, 0) is 63.8 Å². The van der Waals surface area contributed by atoms with E-state index in [0.717, 1.165) is 6.54 Å². The highest BCUT2D eigenvalue weighted by atomic mass is 35.5. The summed E-state index contributed by atoms with van der Waals surface area (Å²) in [5.74, 6) is -1.54. The molecule has 1 saturated heterocycles. The largest absolute Gasteiger partial charge is 0.505 e. The molecule has 3 aromatic rings. The number of imidazole rings is 1. The van der Waals surface area contributed by atoms with E-state index in [1.54, 1.807) is 46.7 Å². The number of aliphatic hydroxyl groups excluding tert-OH is 1. The number of likely N-dealkylation sites (tertiary alicyclic amines) is 1. The van der Waals surface area contributed by atoms with Gasteiger partial charge in [0.1, 0.15) is 11.3 Å². The van der Waals surface area contributed by atoms with Gasteiger partial charge < -0.3 is 14.9 Å². The lowest BCUT2D eigenvalue weighted by molar-refractivity contribution is -0.139. The van der Waals surface area contributed by atoms with Crippen LogP contribution in [0.25, 0.3) is 11.4 Å². The van der Waals surface area contributed by atoms with Crippen molar-refractivity contribution in [1.29, 1.82) is 0 Å². The zero-order valence-corrected chi connectivity index (χ0v) is 19.0. The molecule has 1 aromatic carbocycles. The third-order valence-electron chi connectivity index (χ3n) is 5.66. The van der Waals surface area contributed by atoms with Crippen LogP contribution in [0.5, 0.6) is 0 Å². The van der Waals surface area contributed by atoms with Crippen molar-refractivity contribution in [2.45, 2.75) is 19.4 Å². The molecular formula is C24H25ClN4O3. The fraction of sp³-hybridized carbons (Fsp3) is 0.292. The summed E-state index contributed by atoms with van der Waals surface area (Å²) >= 11 is 6.07. The maximum Gasteiger partial charge on any atom is 0.295 e. The van der Waals surface area contributed by atoms with E-state index in [2.05, 4.69) is 4.98 Å². The average Bonchev–Trinajstić information content (AvgIpc) is 3.22. The summed E-state index contributed by atoms with van der Waals surface area (Å²) in [7, 11) is 3.91. The second-order valence-electron chi connectivity index (χ2n) is 8.18. The van der Waals surface area contributed by atoms with Gasteiger partial charge in [0.05, 0.1) is 17.3 Å². The van der Waals surface area contributed by atoms with Crippen LogP contribution in [0.2, 0.25) is 5.02 Å². The van der Waals surface area contributed by atoms with E-state index in [4.69, 9.17) is 11.6 Å². The predicted molar refractivity (Wildman–Crippen MR) is 124 cm³/mol. The summed E-state index contributed by atoms with van der Waals surface area (Å²) in [6.45, 7) is 2.92. The Hall–Kier alpha value is -3.16. The number of nitrogens with zero attached hydrogens (tertiary/aromatic N) is 4. The second-order valence-corrected chi connectivity index (χ2v) is 8.61. The first kappa shape index (κ1) is 22.0. The van der Waals surface area contributed by atoms with Crippen LogP contribution in [0.1, 0.15) is 29.4 Å². The molecule has 1 fully saturated rings. The molecule has 0 unspecified atom stereocenters. The Morgan fingerprint density at radius 2 is 1.88 bits per heavy atom. The second kappa shape index (κ2) is 8.76. The number of benzene rings is 1. The molecule has 1 amide bonds. The van der Waals surface area contributed by atoms with Gasteiger partial charge in [-0.25, -0.2) is 4.98 Å². The van der Waals surface area contributed by atoms with Gasteiger partial charge in [-0.1, -0.05) is 29.8 Å². The highest BCUT2D eigenvalue weighted by molar-refractivity contribution is 6.46. The topological polar surface area (TPSA) is 78.1 Å². The third kappa shape index (κ3) is 3.89. The van der Waals surface area contributed by atoms with Crippen LogP contribution in [0.15, 0.2) is 54.2 Å². The highest BCUT2D eigenvalue weighted by Crippen LogP contribution is 2.40. The number of amides is 1. The molecule has 166 valence electrons. The Labute approximate surface area is 191 Å². The van der Waals surface area contributed by atoms with Crippen molar-refractivity contribution in [1.82, 2.24) is 19.2 Å². The monoisotopic (exact) mass is 452 g/mol. The number of hydrogen-bond acceptors (Lipinski definition) is 5. The van der Waals surface area contributed by atoms with Crippen LogP contribution < -0.4 is 0 Å². The maximum absolute atomic E-state index is 13.2. The van der Waals surface area contributed by atoms with Gasteiger partial charge in [0.2, 0.25) is 0 Å². The number of aromatic nitrogens is 2. The summed E-state index contributed by atoms with van der Waals surface area (Å²) in [5, 5.41) is 11.9. The number of Topliss-reactive ketones (excluding diaryl/α,β-unsaturated/α-hetero) is 1. The molecule has 0 spiro atoms. The van der Waals surface area contributed by atoms with Crippen molar-refractivity contribution in [3.63, 3.8) is 0 Å². The number of carbonyl (C=O) groups excluding carboxylic acids is 2. The van der Waals surface area contributed by atoms with Crippen LogP contribution >= 0.6 is 11.6 Å². The average molecular weight is 453 g/mol. The molecule has 1 aliphatic rings. The number of carbonyl (C=O) groups is 2. The Morgan fingerprint density at radius 3 is 2.56 bits per heavy atom. The van der Waals surface area contributed by atoms with Gasteiger partial charge in [-0.3, -0.25) is 14.0 Å². The van der Waals surface area contributed by atoms with Gasteiger partial charge in [0.15, 0.2) is 5.76 Å². The van der Waals surface area contributed by atoms with Crippen LogP contribution in [0.3, 0.4) is 0 Å². The zero-order chi connectivity index (χ0) is 23.0. The fourth-order valence-corrected chi connectivity index (χ4v) is 4.31. The van der Waals surface area contributed by atoms with Crippen molar-refractivity contribution >= 4 is 34.7 Å². The minimum absolute atomic E-state index is 0.0657. The molecule has 1 atom stereocenters. The van der Waals surface area contributed by atoms with E-state index in [1.165, 1.54) is 0 Å².